The van der Waals surface area contributed by atoms with Crippen LogP contribution in [0.15, 0.2) is 60.7 Å². The predicted molar refractivity (Wildman–Crippen MR) is 107 cm³/mol. The first-order valence-electron chi connectivity index (χ1n) is 9.88. The molecule has 6 heteroatoms. The molecule has 28 heavy (non-hydrogen) atoms. The molecule has 3 aromatic rings. The van der Waals surface area contributed by atoms with Gasteiger partial charge < -0.3 is 5.32 Å². The molecule has 2 aromatic carbocycles. The van der Waals surface area contributed by atoms with E-state index in [1.165, 1.54) is 12.0 Å². The summed E-state index contributed by atoms with van der Waals surface area (Å²) in [5.41, 5.74) is 2.13. The van der Waals surface area contributed by atoms with Gasteiger partial charge in [-0.2, -0.15) is 4.80 Å². The van der Waals surface area contributed by atoms with E-state index in [4.69, 9.17) is 0 Å². The van der Waals surface area contributed by atoms with E-state index in [-0.39, 0.29) is 11.9 Å². The first-order valence-corrected chi connectivity index (χ1v) is 9.88. The maximum absolute atomic E-state index is 12.5. The van der Waals surface area contributed by atoms with Crippen LogP contribution in [0.1, 0.15) is 37.8 Å². The van der Waals surface area contributed by atoms with Gasteiger partial charge in [0.05, 0.1) is 12.6 Å². The number of hydrogen-bond acceptors (Lipinski definition) is 4. The topological polar surface area (TPSA) is 72.7 Å². The third-order valence-corrected chi connectivity index (χ3v) is 5.32. The molecule has 1 amide bonds. The summed E-state index contributed by atoms with van der Waals surface area (Å²) in [4.78, 5) is 14.1. The number of rotatable bonds is 8. The highest BCUT2D eigenvalue weighted by atomic mass is 16.1. The van der Waals surface area contributed by atoms with E-state index in [1.807, 2.05) is 48.5 Å². The average Bonchev–Trinajstić information content (AvgIpc) is 3.26. The molecule has 0 aliphatic heterocycles. The summed E-state index contributed by atoms with van der Waals surface area (Å²) in [7, 11) is 0. The average molecular weight is 375 g/mol. The molecule has 1 aromatic heterocycles. The van der Waals surface area contributed by atoms with Gasteiger partial charge in [-0.05, 0) is 35.5 Å². The van der Waals surface area contributed by atoms with Crippen molar-refractivity contribution in [2.75, 3.05) is 0 Å². The standard InChI is InChI=1S/C22H25N5O/c1-16-15-19(16)21(17-9-4-2-5-10-17)23-20(28)13-8-14-27-25-22(24-26-27)18-11-6-3-7-12-18/h2-7,9-12,16,19,21H,8,13-15H2,1H3,(H,23,28). The van der Waals surface area contributed by atoms with Crippen molar-refractivity contribution in [3.8, 4) is 11.4 Å². The molecule has 6 nitrogen and oxygen atoms in total. The molecule has 1 heterocycles. The van der Waals surface area contributed by atoms with E-state index in [2.05, 4.69) is 39.8 Å². The first kappa shape index (κ1) is 18.3. The molecule has 1 fully saturated rings. The van der Waals surface area contributed by atoms with Crippen LogP contribution < -0.4 is 5.32 Å². The molecule has 1 aliphatic carbocycles. The highest BCUT2D eigenvalue weighted by molar-refractivity contribution is 5.76. The van der Waals surface area contributed by atoms with Gasteiger partial charge in [0.25, 0.3) is 0 Å². The molecule has 0 bridgehead atoms. The van der Waals surface area contributed by atoms with Crippen LogP contribution in [0.4, 0.5) is 0 Å². The van der Waals surface area contributed by atoms with Crippen LogP contribution in [0.2, 0.25) is 0 Å². The number of carbonyl (C=O) groups is 1. The van der Waals surface area contributed by atoms with Crippen LogP contribution in [0.5, 0.6) is 0 Å². The van der Waals surface area contributed by atoms with Gasteiger partial charge in [-0.1, -0.05) is 67.6 Å². The Morgan fingerprint density at radius 3 is 2.50 bits per heavy atom. The third kappa shape index (κ3) is 4.44. The van der Waals surface area contributed by atoms with E-state index < -0.39 is 0 Å². The van der Waals surface area contributed by atoms with E-state index in [0.29, 0.717) is 37.0 Å². The maximum Gasteiger partial charge on any atom is 0.220 e. The monoisotopic (exact) mass is 375 g/mol. The van der Waals surface area contributed by atoms with Crippen molar-refractivity contribution >= 4 is 5.91 Å². The van der Waals surface area contributed by atoms with Crippen molar-refractivity contribution in [2.45, 2.75) is 38.8 Å². The smallest absolute Gasteiger partial charge is 0.220 e. The van der Waals surface area contributed by atoms with Gasteiger partial charge in [0, 0.05) is 12.0 Å². The number of hydrogen-bond donors (Lipinski definition) is 1. The Morgan fingerprint density at radius 2 is 1.82 bits per heavy atom. The van der Waals surface area contributed by atoms with Crippen molar-refractivity contribution in [2.24, 2.45) is 11.8 Å². The van der Waals surface area contributed by atoms with Crippen molar-refractivity contribution < 1.29 is 4.79 Å². The Bertz CT molecular complexity index is 909. The van der Waals surface area contributed by atoms with E-state index in [9.17, 15) is 4.79 Å². The normalized spacial score (nSPS) is 19.2. The Morgan fingerprint density at radius 1 is 1.14 bits per heavy atom. The highest BCUT2D eigenvalue weighted by Crippen LogP contribution is 2.46. The minimum Gasteiger partial charge on any atom is -0.349 e. The van der Waals surface area contributed by atoms with Crippen LogP contribution in [-0.2, 0) is 11.3 Å². The Hall–Kier alpha value is -3.02. The molecule has 1 N–H and O–H groups in total. The summed E-state index contributed by atoms with van der Waals surface area (Å²) >= 11 is 0. The second-order valence-corrected chi connectivity index (χ2v) is 7.51. The number of nitrogens with zero attached hydrogens (tertiary/aromatic N) is 4. The molecular weight excluding hydrogens is 350 g/mol. The molecular formula is C22H25N5O. The third-order valence-electron chi connectivity index (χ3n) is 5.32. The summed E-state index contributed by atoms with van der Waals surface area (Å²) in [5, 5.41) is 15.8. The minimum absolute atomic E-state index is 0.0800. The van der Waals surface area contributed by atoms with Crippen molar-refractivity contribution in [3.05, 3.63) is 66.2 Å². The summed E-state index contributed by atoms with van der Waals surface area (Å²) in [6.07, 6.45) is 2.30. The lowest BCUT2D eigenvalue weighted by molar-refractivity contribution is -0.122. The second-order valence-electron chi connectivity index (χ2n) is 7.51. The molecule has 0 spiro atoms. The van der Waals surface area contributed by atoms with Gasteiger partial charge >= 0.3 is 0 Å². The second kappa shape index (κ2) is 8.33. The number of nitrogens with one attached hydrogen (secondary N) is 1. The van der Waals surface area contributed by atoms with Crippen molar-refractivity contribution in [3.63, 3.8) is 0 Å². The zero-order valence-corrected chi connectivity index (χ0v) is 16.0. The van der Waals surface area contributed by atoms with Gasteiger partial charge in [0.15, 0.2) is 0 Å². The van der Waals surface area contributed by atoms with Crippen molar-refractivity contribution in [1.29, 1.82) is 0 Å². The van der Waals surface area contributed by atoms with E-state index in [0.717, 1.165) is 5.56 Å². The van der Waals surface area contributed by atoms with Gasteiger partial charge in [0.1, 0.15) is 0 Å². The van der Waals surface area contributed by atoms with Gasteiger partial charge in [-0.25, -0.2) is 0 Å². The lowest BCUT2D eigenvalue weighted by Gasteiger charge is -2.19. The summed E-state index contributed by atoms with van der Waals surface area (Å²) < 4.78 is 0. The lowest BCUT2D eigenvalue weighted by Crippen LogP contribution is -2.30. The molecule has 0 radical (unpaired) electrons. The fourth-order valence-corrected chi connectivity index (χ4v) is 3.58. The van der Waals surface area contributed by atoms with E-state index in [1.54, 1.807) is 4.80 Å². The van der Waals surface area contributed by atoms with Gasteiger partial charge in [0.2, 0.25) is 11.7 Å². The molecule has 1 saturated carbocycles. The molecule has 4 rings (SSSR count). The molecule has 1 aliphatic rings. The molecule has 3 atom stereocenters. The quantitative estimate of drug-likeness (QED) is 0.652. The van der Waals surface area contributed by atoms with Crippen LogP contribution in [-0.4, -0.2) is 26.1 Å². The minimum atomic E-state index is 0.0800. The van der Waals surface area contributed by atoms with Crippen molar-refractivity contribution in [1.82, 2.24) is 25.5 Å². The summed E-state index contributed by atoms with van der Waals surface area (Å²) in [6.45, 7) is 2.82. The zero-order valence-electron chi connectivity index (χ0n) is 16.0. The zero-order chi connectivity index (χ0) is 19.3. The van der Waals surface area contributed by atoms with Gasteiger partial charge in [-0.3, -0.25) is 4.79 Å². The Labute approximate surface area is 165 Å². The highest BCUT2D eigenvalue weighted by Gasteiger charge is 2.40. The number of amides is 1. The van der Waals surface area contributed by atoms with Crippen LogP contribution >= 0.6 is 0 Å². The number of tetrazole rings is 1. The van der Waals surface area contributed by atoms with E-state index >= 15 is 0 Å². The number of carbonyl (C=O) groups excluding carboxylic acids is 1. The summed E-state index contributed by atoms with van der Waals surface area (Å²) in [6, 6.07) is 20.1. The molecule has 3 unspecified atom stereocenters. The maximum atomic E-state index is 12.5. The molecule has 0 saturated heterocycles. The number of aryl methyl sites for hydroxylation is 1. The Balaban J connectivity index is 1.29. The number of benzene rings is 2. The SMILES string of the molecule is CC1CC1C(NC(=O)CCCn1nnc(-c2ccccc2)n1)c1ccccc1. The van der Waals surface area contributed by atoms with Crippen LogP contribution in [0.25, 0.3) is 11.4 Å². The first-order chi connectivity index (χ1) is 13.7. The van der Waals surface area contributed by atoms with Crippen LogP contribution in [0, 0.1) is 11.8 Å². The number of aromatic nitrogens is 4. The largest absolute Gasteiger partial charge is 0.349 e. The molecule has 144 valence electrons. The fraction of sp³-hybridized carbons (Fsp3) is 0.364. The van der Waals surface area contributed by atoms with Crippen LogP contribution in [0.3, 0.4) is 0 Å². The van der Waals surface area contributed by atoms with Gasteiger partial charge in [-0.15, -0.1) is 10.2 Å². The fourth-order valence-electron chi connectivity index (χ4n) is 3.58. The lowest BCUT2D eigenvalue weighted by atomic mass is 10.0. The predicted octanol–water partition coefficient (Wildman–Crippen LogP) is 3.63. The summed E-state index contributed by atoms with van der Waals surface area (Å²) in [5.74, 6) is 1.89. The Kier molecular flexibility index (Phi) is 5.46.